The lowest BCUT2D eigenvalue weighted by Gasteiger charge is -2.61. The first kappa shape index (κ1) is 24.9. The number of thiocarbonyl (C=S) groups is 1. The third-order valence-corrected chi connectivity index (χ3v) is 10.6. The molecule has 3 aliphatic carbocycles. The second-order valence-electron chi connectivity index (χ2n) is 12.6. The number of nitrogens with one attached hydrogen (secondary N) is 1. The zero-order valence-corrected chi connectivity index (χ0v) is 22.6. The summed E-state index contributed by atoms with van der Waals surface area (Å²) in [5.74, 6) is 2.56. The van der Waals surface area contributed by atoms with Gasteiger partial charge >= 0.3 is 0 Å². The molecule has 33 heavy (non-hydrogen) atoms. The molecule has 1 saturated heterocycles. The van der Waals surface area contributed by atoms with Crippen molar-refractivity contribution in [1.82, 2.24) is 15.1 Å². The van der Waals surface area contributed by atoms with Gasteiger partial charge in [0.1, 0.15) is 0 Å². The molecule has 0 bridgehead atoms. The van der Waals surface area contributed by atoms with Gasteiger partial charge in [-0.2, -0.15) is 0 Å². The Hall–Kier alpha value is -1.17. The van der Waals surface area contributed by atoms with Gasteiger partial charge in [0.15, 0.2) is 5.11 Å². The monoisotopic (exact) mass is 475 g/mol. The molecular formula is C27H45N3O2S. The number of hydrogen-bond donors (Lipinski definition) is 1. The summed E-state index contributed by atoms with van der Waals surface area (Å²) < 4.78 is 0. The smallest absolute Gasteiger partial charge is 0.232 e. The Morgan fingerprint density at radius 1 is 1.03 bits per heavy atom. The molecule has 1 heterocycles. The Bertz CT molecular complexity index is 813. The molecule has 1 aliphatic heterocycles. The molecule has 0 aromatic rings. The zero-order valence-electron chi connectivity index (χ0n) is 21.8. The minimum atomic E-state index is 0.0540. The number of rotatable bonds is 3. The van der Waals surface area contributed by atoms with Crippen LogP contribution < -0.4 is 5.32 Å². The maximum atomic E-state index is 14.0. The lowest BCUT2D eigenvalue weighted by Crippen LogP contribution is -2.61. The average molecular weight is 476 g/mol. The van der Waals surface area contributed by atoms with Crippen molar-refractivity contribution >= 4 is 29.1 Å². The van der Waals surface area contributed by atoms with E-state index >= 15 is 0 Å². The Morgan fingerprint density at radius 3 is 2.33 bits per heavy atom. The second-order valence-corrected chi connectivity index (χ2v) is 12.9. The van der Waals surface area contributed by atoms with Crippen molar-refractivity contribution < 1.29 is 9.59 Å². The van der Waals surface area contributed by atoms with E-state index in [2.05, 4.69) is 51.8 Å². The molecule has 7 atom stereocenters. The van der Waals surface area contributed by atoms with E-state index in [1.54, 1.807) is 0 Å². The molecule has 0 spiro atoms. The standard InChI is InChI=1S/C27H45N3O2S/c1-16(2)28-25(33)30(17(3)4)24(32)21-10-9-19-18-8-11-22-27(6,15-13-23(31)29(22)7)20(18)12-14-26(19,21)5/h16-22H,8-15H2,1-7H3,(H,28,33)/t18-,19-,20+,21?,22?,26-,27+/m0/s1. The summed E-state index contributed by atoms with van der Waals surface area (Å²) in [6, 6.07) is 0.657. The highest BCUT2D eigenvalue weighted by molar-refractivity contribution is 7.80. The summed E-state index contributed by atoms with van der Waals surface area (Å²) in [7, 11) is 2.02. The molecule has 2 unspecified atom stereocenters. The molecule has 6 heteroatoms. The summed E-state index contributed by atoms with van der Waals surface area (Å²) in [5.41, 5.74) is 0.278. The third kappa shape index (κ3) is 3.92. The fourth-order valence-corrected chi connectivity index (χ4v) is 9.17. The molecule has 4 aliphatic rings. The van der Waals surface area contributed by atoms with Gasteiger partial charge in [-0.3, -0.25) is 14.5 Å². The third-order valence-electron chi connectivity index (χ3n) is 10.2. The Labute approximate surface area is 206 Å². The molecule has 4 rings (SSSR count). The van der Waals surface area contributed by atoms with Crippen LogP contribution in [0.1, 0.15) is 92.9 Å². The van der Waals surface area contributed by atoms with Crippen molar-refractivity contribution in [3.05, 3.63) is 0 Å². The number of piperidine rings is 1. The summed E-state index contributed by atoms with van der Waals surface area (Å²) in [6.07, 6.45) is 8.48. The Kier molecular flexibility index (Phi) is 6.65. The summed E-state index contributed by atoms with van der Waals surface area (Å²) in [4.78, 5) is 30.3. The van der Waals surface area contributed by atoms with Crippen LogP contribution in [0.5, 0.6) is 0 Å². The van der Waals surface area contributed by atoms with Crippen LogP contribution in [-0.2, 0) is 9.59 Å². The Balaban J connectivity index is 1.56. The molecule has 5 nitrogen and oxygen atoms in total. The summed E-state index contributed by atoms with van der Waals surface area (Å²) in [6.45, 7) is 13.1. The summed E-state index contributed by atoms with van der Waals surface area (Å²) in [5, 5.41) is 3.88. The first-order valence-electron chi connectivity index (χ1n) is 13.3. The van der Waals surface area contributed by atoms with Gasteiger partial charge in [0.05, 0.1) is 0 Å². The predicted octanol–water partition coefficient (Wildman–Crippen LogP) is 4.99. The number of fused-ring (bicyclic) bond motifs is 5. The van der Waals surface area contributed by atoms with E-state index in [4.69, 9.17) is 12.2 Å². The number of likely N-dealkylation sites (tertiary alicyclic amines) is 1. The number of carbonyl (C=O) groups excluding carboxylic acids is 2. The molecule has 0 aromatic heterocycles. The first-order valence-corrected chi connectivity index (χ1v) is 13.7. The second kappa shape index (κ2) is 8.80. The van der Waals surface area contributed by atoms with Gasteiger partial charge < -0.3 is 10.2 Å². The van der Waals surface area contributed by atoms with Gasteiger partial charge in [0.25, 0.3) is 0 Å². The largest absolute Gasteiger partial charge is 0.360 e. The average Bonchev–Trinajstić information content (AvgIpc) is 3.07. The number of carbonyl (C=O) groups is 2. The minimum Gasteiger partial charge on any atom is -0.360 e. The van der Waals surface area contributed by atoms with Crippen LogP contribution in [-0.4, -0.2) is 51.9 Å². The minimum absolute atomic E-state index is 0.0540. The van der Waals surface area contributed by atoms with E-state index in [0.717, 1.165) is 32.1 Å². The summed E-state index contributed by atoms with van der Waals surface area (Å²) >= 11 is 5.68. The maximum absolute atomic E-state index is 14.0. The van der Waals surface area contributed by atoms with E-state index < -0.39 is 0 Å². The van der Waals surface area contributed by atoms with Gasteiger partial charge in [-0.05, 0) is 113 Å². The molecule has 4 fully saturated rings. The first-order chi connectivity index (χ1) is 15.4. The molecule has 0 radical (unpaired) electrons. The van der Waals surface area contributed by atoms with Crippen LogP contribution in [0.15, 0.2) is 0 Å². The van der Waals surface area contributed by atoms with Gasteiger partial charge in [-0.1, -0.05) is 13.8 Å². The van der Waals surface area contributed by atoms with Crippen molar-refractivity contribution in [3.8, 4) is 0 Å². The zero-order chi connectivity index (χ0) is 24.3. The molecular weight excluding hydrogens is 430 g/mol. The van der Waals surface area contributed by atoms with Crippen molar-refractivity contribution in [2.24, 2.45) is 34.5 Å². The van der Waals surface area contributed by atoms with E-state index in [1.807, 2.05) is 11.9 Å². The van der Waals surface area contributed by atoms with Crippen molar-refractivity contribution in [1.29, 1.82) is 0 Å². The van der Waals surface area contributed by atoms with Crippen LogP contribution in [0, 0.1) is 34.5 Å². The highest BCUT2D eigenvalue weighted by atomic mass is 32.1. The van der Waals surface area contributed by atoms with E-state index in [0.29, 0.717) is 41.2 Å². The number of hydrogen-bond acceptors (Lipinski definition) is 3. The molecule has 186 valence electrons. The van der Waals surface area contributed by atoms with Crippen molar-refractivity contribution in [2.45, 2.75) is 111 Å². The van der Waals surface area contributed by atoms with Crippen LogP contribution in [0.3, 0.4) is 0 Å². The molecule has 0 aromatic carbocycles. The van der Waals surface area contributed by atoms with Gasteiger partial charge in [-0.15, -0.1) is 0 Å². The van der Waals surface area contributed by atoms with E-state index in [-0.39, 0.29) is 34.7 Å². The maximum Gasteiger partial charge on any atom is 0.232 e. The van der Waals surface area contributed by atoms with Crippen molar-refractivity contribution in [3.63, 3.8) is 0 Å². The quantitative estimate of drug-likeness (QED) is 0.585. The molecule has 2 amide bonds. The lowest BCUT2D eigenvalue weighted by atomic mass is 9.47. The van der Waals surface area contributed by atoms with Crippen LogP contribution in [0.4, 0.5) is 0 Å². The predicted molar refractivity (Wildman–Crippen MR) is 137 cm³/mol. The normalized spacial score (nSPS) is 40.3. The van der Waals surface area contributed by atoms with Crippen LogP contribution in [0.2, 0.25) is 0 Å². The number of nitrogens with zero attached hydrogens (tertiary/aromatic N) is 2. The van der Waals surface area contributed by atoms with Gasteiger partial charge in [0, 0.05) is 37.5 Å². The molecule has 1 N–H and O–H groups in total. The van der Waals surface area contributed by atoms with Gasteiger partial charge in [-0.25, -0.2) is 0 Å². The SMILES string of the molecule is CC(C)NC(=S)N(C(=O)C1CC[C@H]2[C@@H]3CCC4N(C)C(=O)CC[C@]4(C)[C@@H]3CC[C@]12C)C(C)C. The van der Waals surface area contributed by atoms with Crippen molar-refractivity contribution in [2.75, 3.05) is 7.05 Å². The topological polar surface area (TPSA) is 52.7 Å². The number of amides is 2. The lowest BCUT2D eigenvalue weighted by molar-refractivity contribution is -0.160. The van der Waals surface area contributed by atoms with Crippen LogP contribution >= 0.6 is 12.2 Å². The Morgan fingerprint density at radius 2 is 1.70 bits per heavy atom. The fraction of sp³-hybridized carbons (Fsp3) is 0.889. The highest BCUT2D eigenvalue weighted by Crippen LogP contribution is 2.66. The van der Waals surface area contributed by atoms with Crippen LogP contribution in [0.25, 0.3) is 0 Å². The fourth-order valence-electron chi connectivity index (χ4n) is 8.63. The highest BCUT2D eigenvalue weighted by Gasteiger charge is 2.62. The van der Waals surface area contributed by atoms with E-state index in [1.165, 1.54) is 12.8 Å². The van der Waals surface area contributed by atoms with Gasteiger partial charge in [0.2, 0.25) is 11.8 Å². The molecule has 3 saturated carbocycles. The van der Waals surface area contributed by atoms with E-state index in [9.17, 15) is 9.59 Å².